The van der Waals surface area contributed by atoms with Gasteiger partial charge in [-0.05, 0) is 31.6 Å². The Hall–Kier alpha value is -0.0136. The summed E-state index contributed by atoms with van der Waals surface area (Å²) in [5, 5.41) is 0. The maximum atomic E-state index is 11.6. The summed E-state index contributed by atoms with van der Waals surface area (Å²) in [7, 11) is 0. The van der Waals surface area contributed by atoms with E-state index < -0.39 is 23.8 Å². The monoisotopic (exact) mass is 276 g/mol. The smallest absolute Gasteiger partial charge is 0.633 e. The van der Waals surface area contributed by atoms with Crippen molar-refractivity contribution in [1.82, 2.24) is 0 Å². The van der Waals surface area contributed by atoms with Gasteiger partial charge in [0, 0.05) is 12.0 Å². The zero-order valence-electron chi connectivity index (χ0n) is 10.3. The average Bonchev–Trinajstić information content (AvgIpc) is 2.66. The first-order chi connectivity index (χ1) is 8.16. The summed E-state index contributed by atoms with van der Waals surface area (Å²) in [6.45, 7) is 1.10. The third-order valence-corrected chi connectivity index (χ3v) is 2.80. The van der Waals surface area contributed by atoms with E-state index in [4.69, 9.17) is 4.74 Å². The molecule has 18 heavy (non-hydrogen) atoms. The predicted molar refractivity (Wildman–Crippen MR) is 56.1 cm³/mol. The Balaban J connectivity index is 0.00000162. The number of hydrogen-bond acceptors (Lipinski definition) is 5. The van der Waals surface area contributed by atoms with Crippen LogP contribution < -0.4 is 51.4 Å². The number of allylic oxidation sites excluding steroid dienone is 1. The normalized spacial score (nSPS) is 22.9. The molecule has 6 heteroatoms. The van der Waals surface area contributed by atoms with E-state index in [0.717, 1.165) is 25.9 Å². The fourth-order valence-corrected chi connectivity index (χ4v) is 1.84. The Kier molecular flexibility index (Phi) is 6.72. The largest absolute Gasteiger partial charge is 1.00 e. The minimum Gasteiger partial charge on any atom is -0.633 e. The molecule has 0 aromatic heterocycles. The second-order valence-electron chi connectivity index (χ2n) is 4.12. The van der Waals surface area contributed by atoms with Crippen LogP contribution in [-0.2, 0) is 23.9 Å². The molecule has 1 fully saturated rings. The standard InChI is InChI=1S/C12H13O5.K/c13-10-6-9(12(15)17-10)7-16-11(14)8-4-2-1-3-5-8;/h4,7,9H,1-3,5-6H2;/q-1;+1. The molecule has 1 saturated heterocycles. The quantitative estimate of drug-likeness (QED) is 0.266. The number of ether oxygens (including phenoxy) is 2. The third-order valence-electron chi connectivity index (χ3n) is 2.80. The second-order valence-corrected chi connectivity index (χ2v) is 4.12. The van der Waals surface area contributed by atoms with E-state index >= 15 is 0 Å². The summed E-state index contributed by atoms with van der Waals surface area (Å²) in [4.78, 5) is 33.5. The number of carbonyl (C=O) groups excluding carboxylic acids is 3. The summed E-state index contributed by atoms with van der Waals surface area (Å²) >= 11 is 0. The fourth-order valence-electron chi connectivity index (χ4n) is 1.84. The average molecular weight is 276 g/mol. The van der Waals surface area contributed by atoms with Gasteiger partial charge in [0.25, 0.3) is 5.97 Å². The molecule has 2 aliphatic rings. The summed E-state index contributed by atoms with van der Waals surface area (Å²) in [5.74, 6) is -2.42. The Bertz CT molecular complexity index is 388. The Morgan fingerprint density at radius 3 is 2.72 bits per heavy atom. The number of carbonyl (C=O) groups is 3. The molecule has 0 saturated carbocycles. The topological polar surface area (TPSA) is 69.7 Å². The molecule has 1 aliphatic carbocycles. The van der Waals surface area contributed by atoms with Crippen molar-refractivity contribution in [2.75, 3.05) is 0 Å². The first-order valence-electron chi connectivity index (χ1n) is 5.64. The molecule has 2 rings (SSSR count). The van der Waals surface area contributed by atoms with Crippen LogP contribution in [0.15, 0.2) is 11.6 Å². The van der Waals surface area contributed by atoms with Gasteiger partial charge in [-0.2, -0.15) is 0 Å². The maximum absolute atomic E-state index is 11.6. The fraction of sp³-hybridized carbons (Fsp3) is 0.500. The van der Waals surface area contributed by atoms with E-state index in [1.54, 1.807) is 0 Å². The van der Waals surface area contributed by atoms with Crippen LogP contribution in [0.3, 0.4) is 0 Å². The minimum absolute atomic E-state index is 0. The van der Waals surface area contributed by atoms with Crippen molar-refractivity contribution in [3.8, 4) is 0 Å². The molecule has 0 amide bonds. The van der Waals surface area contributed by atoms with Crippen LogP contribution in [0, 0.1) is 12.5 Å². The van der Waals surface area contributed by atoms with Gasteiger partial charge in [0.05, 0.1) is 0 Å². The molecule has 1 unspecified atom stereocenters. The third kappa shape index (κ3) is 4.27. The molecule has 0 aromatic carbocycles. The maximum Gasteiger partial charge on any atom is 1.00 e. The number of hydrogen-bond donors (Lipinski definition) is 0. The van der Waals surface area contributed by atoms with Gasteiger partial charge in [-0.15, -0.1) is 6.61 Å². The molecule has 0 spiro atoms. The first-order valence-corrected chi connectivity index (χ1v) is 5.64. The van der Waals surface area contributed by atoms with Gasteiger partial charge in [0.15, 0.2) is 0 Å². The number of esters is 3. The molecule has 1 heterocycles. The van der Waals surface area contributed by atoms with Crippen LogP contribution in [0.2, 0.25) is 0 Å². The van der Waals surface area contributed by atoms with Crippen molar-refractivity contribution in [3.63, 3.8) is 0 Å². The van der Waals surface area contributed by atoms with Crippen molar-refractivity contribution < 1.29 is 75.2 Å². The van der Waals surface area contributed by atoms with E-state index in [-0.39, 0.29) is 57.8 Å². The molecule has 92 valence electrons. The van der Waals surface area contributed by atoms with Crippen LogP contribution in [0.1, 0.15) is 32.1 Å². The van der Waals surface area contributed by atoms with Gasteiger partial charge >= 0.3 is 63.3 Å². The van der Waals surface area contributed by atoms with Crippen LogP contribution in [0.25, 0.3) is 0 Å². The first kappa shape index (κ1) is 16.0. The molecule has 0 aromatic rings. The number of cyclic esters (lactones) is 2. The van der Waals surface area contributed by atoms with Gasteiger partial charge in [0.2, 0.25) is 0 Å². The van der Waals surface area contributed by atoms with Crippen molar-refractivity contribution in [1.29, 1.82) is 0 Å². The molecule has 5 nitrogen and oxygen atoms in total. The predicted octanol–water partition coefficient (Wildman–Crippen LogP) is -1.71. The minimum atomic E-state index is -0.754. The van der Waals surface area contributed by atoms with Gasteiger partial charge in [-0.3, -0.25) is 9.59 Å². The molecular formula is C12H13KO5. The zero-order valence-corrected chi connectivity index (χ0v) is 13.4. The van der Waals surface area contributed by atoms with Gasteiger partial charge < -0.3 is 9.47 Å². The van der Waals surface area contributed by atoms with E-state index in [9.17, 15) is 14.4 Å². The Morgan fingerprint density at radius 2 is 2.17 bits per heavy atom. The van der Waals surface area contributed by atoms with Crippen LogP contribution in [0.4, 0.5) is 0 Å². The SMILES string of the molecule is O=C1CC([CH-]OC(=O)C2=CCCCC2)C(=O)O1.[K+]. The van der Waals surface area contributed by atoms with Crippen LogP contribution >= 0.6 is 0 Å². The zero-order chi connectivity index (χ0) is 12.3. The molecule has 0 bridgehead atoms. The second kappa shape index (κ2) is 7.55. The molecule has 0 N–H and O–H groups in total. The summed E-state index contributed by atoms with van der Waals surface area (Å²) < 4.78 is 9.24. The van der Waals surface area contributed by atoms with E-state index in [1.165, 1.54) is 0 Å². The van der Waals surface area contributed by atoms with Gasteiger partial charge in [-0.25, -0.2) is 4.79 Å². The van der Waals surface area contributed by atoms with Crippen molar-refractivity contribution in [2.45, 2.75) is 32.1 Å². The summed E-state index contributed by atoms with van der Waals surface area (Å²) in [6, 6.07) is 0. The Labute approximate surface area is 148 Å². The van der Waals surface area contributed by atoms with Crippen molar-refractivity contribution in [3.05, 3.63) is 18.3 Å². The summed E-state index contributed by atoms with van der Waals surface area (Å²) in [5.41, 5.74) is 0.644. The van der Waals surface area contributed by atoms with Gasteiger partial charge in [-0.1, -0.05) is 6.08 Å². The number of rotatable bonds is 3. The molecule has 1 aliphatic heterocycles. The molecule has 1 atom stereocenters. The van der Waals surface area contributed by atoms with Gasteiger partial charge in [0.1, 0.15) is 0 Å². The molecular weight excluding hydrogens is 263 g/mol. The van der Waals surface area contributed by atoms with Crippen molar-refractivity contribution >= 4 is 17.9 Å². The Morgan fingerprint density at radius 1 is 1.39 bits per heavy atom. The van der Waals surface area contributed by atoms with E-state index in [0.29, 0.717) is 12.0 Å². The van der Waals surface area contributed by atoms with Crippen LogP contribution in [-0.4, -0.2) is 17.9 Å². The van der Waals surface area contributed by atoms with E-state index in [1.807, 2.05) is 6.08 Å². The van der Waals surface area contributed by atoms with Crippen LogP contribution in [0.5, 0.6) is 0 Å². The summed E-state index contributed by atoms with van der Waals surface area (Å²) in [6.07, 6.45) is 5.47. The van der Waals surface area contributed by atoms with Crippen molar-refractivity contribution in [2.24, 2.45) is 5.92 Å². The van der Waals surface area contributed by atoms with E-state index in [2.05, 4.69) is 4.74 Å². The molecule has 0 radical (unpaired) electrons.